The molecule has 0 saturated heterocycles. The SMILES string of the molecule is CCOC(=O)[C@@H](C)Oc1ccc(S(N)(=O)=O)cc1. The third kappa shape index (κ3) is 4.01. The molecule has 1 rings (SSSR count). The van der Waals surface area contributed by atoms with Gasteiger partial charge in [-0.05, 0) is 38.1 Å². The summed E-state index contributed by atoms with van der Waals surface area (Å²) < 4.78 is 32.1. The minimum Gasteiger partial charge on any atom is -0.479 e. The minimum absolute atomic E-state index is 0.0152. The molecule has 0 amide bonds. The van der Waals surface area contributed by atoms with Crippen molar-refractivity contribution < 1.29 is 22.7 Å². The molecular formula is C11H15NO5S. The highest BCUT2D eigenvalue weighted by Crippen LogP contribution is 2.16. The van der Waals surface area contributed by atoms with E-state index in [9.17, 15) is 13.2 Å². The van der Waals surface area contributed by atoms with Crippen molar-refractivity contribution in [2.45, 2.75) is 24.8 Å². The molecule has 18 heavy (non-hydrogen) atoms. The van der Waals surface area contributed by atoms with Gasteiger partial charge in [-0.2, -0.15) is 0 Å². The van der Waals surface area contributed by atoms with Gasteiger partial charge in [-0.15, -0.1) is 0 Å². The van der Waals surface area contributed by atoms with Crippen LogP contribution >= 0.6 is 0 Å². The van der Waals surface area contributed by atoms with E-state index in [0.29, 0.717) is 5.75 Å². The van der Waals surface area contributed by atoms with Gasteiger partial charge in [0.05, 0.1) is 11.5 Å². The summed E-state index contributed by atoms with van der Waals surface area (Å²) in [5, 5.41) is 4.95. The number of carbonyl (C=O) groups excluding carboxylic acids is 1. The highest BCUT2D eigenvalue weighted by Gasteiger charge is 2.16. The average molecular weight is 273 g/mol. The fraction of sp³-hybridized carbons (Fsp3) is 0.364. The maximum Gasteiger partial charge on any atom is 0.347 e. The first-order valence-corrected chi connectivity index (χ1v) is 6.85. The molecule has 100 valence electrons. The third-order valence-electron chi connectivity index (χ3n) is 2.08. The van der Waals surface area contributed by atoms with Gasteiger partial charge in [0.15, 0.2) is 6.10 Å². The Morgan fingerprint density at radius 3 is 2.33 bits per heavy atom. The first-order chi connectivity index (χ1) is 8.34. The molecule has 0 heterocycles. The lowest BCUT2D eigenvalue weighted by atomic mass is 10.3. The molecule has 0 bridgehead atoms. The molecule has 0 aliphatic heterocycles. The number of benzene rings is 1. The molecule has 1 aromatic rings. The van der Waals surface area contributed by atoms with Crippen LogP contribution in [0.15, 0.2) is 29.2 Å². The molecule has 0 saturated carbocycles. The molecule has 0 spiro atoms. The topological polar surface area (TPSA) is 95.7 Å². The van der Waals surface area contributed by atoms with Crippen LogP contribution in [0.2, 0.25) is 0 Å². The van der Waals surface area contributed by atoms with Gasteiger partial charge < -0.3 is 9.47 Å². The maximum atomic E-state index is 11.3. The van der Waals surface area contributed by atoms with Crippen molar-refractivity contribution >= 4 is 16.0 Å². The summed E-state index contributed by atoms with van der Waals surface area (Å²) in [6.45, 7) is 3.52. The summed E-state index contributed by atoms with van der Waals surface area (Å²) in [5.74, 6) is -0.115. The van der Waals surface area contributed by atoms with Crippen molar-refractivity contribution in [1.82, 2.24) is 0 Å². The number of carbonyl (C=O) groups is 1. The number of hydrogen-bond donors (Lipinski definition) is 1. The van der Waals surface area contributed by atoms with Gasteiger partial charge in [0.25, 0.3) is 0 Å². The second-order valence-electron chi connectivity index (χ2n) is 3.53. The van der Waals surface area contributed by atoms with E-state index in [1.165, 1.54) is 24.3 Å². The lowest BCUT2D eigenvalue weighted by Crippen LogP contribution is -2.26. The zero-order valence-electron chi connectivity index (χ0n) is 10.1. The van der Waals surface area contributed by atoms with Crippen LogP contribution < -0.4 is 9.88 Å². The highest BCUT2D eigenvalue weighted by atomic mass is 32.2. The zero-order chi connectivity index (χ0) is 13.8. The Kier molecular flexibility index (Phi) is 4.69. The van der Waals surface area contributed by atoms with Crippen molar-refractivity contribution in [3.63, 3.8) is 0 Å². The Morgan fingerprint density at radius 1 is 1.33 bits per heavy atom. The van der Waals surface area contributed by atoms with Crippen molar-refractivity contribution in [1.29, 1.82) is 0 Å². The molecule has 0 aliphatic carbocycles. The molecule has 0 unspecified atom stereocenters. The summed E-state index contributed by atoms with van der Waals surface area (Å²) >= 11 is 0. The normalized spacial score (nSPS) is 12.8. The van der Waals surface area contributed by atoms with Gasteiger partial charge in [-0.3, -0.25) is 0 Å². The van der Waals surface area contributed by atoms with E-state index in [1.54, 1.807) is 13.8 Å². The summed E-state index contributed by atoms with van der Waals surface area (Å²) in [6, 6.07) is 5.47. The molecule has 7 heteroatoms. The van der Waals surface area contributed by atoms with Crippen LogP contribution in [0.3, 0.4) is 0 Å². The number of hydrogen-bond acceptors (Lipinski definition) is 5. The van der Waals surface area contributed by atoms with Crippen molar-refractivity contribution in [2.75, 3.05) is 6.61 Å². The predicted molar refractivity (Wildman–Crippen MR) is 64.5 cm³/mol. The van der Waals surface area contributed by atoms with Crippen LogP contribution in [0.25, 0.3) is 0 Å². The number of esters is 1. The number of primary sulfonamides is 1. The Hall–Kier alpha value is -1.60. The molecule has 0 fully saturated rings. The van der Waals surface area contributed by atoms with Gasteiger partial charge in [-0.1, -0.05) is 0 Å². The van der Waals surface area contributed by atoms with Gasteiger partial charge in [0, 0.05) is 0 Å². The van der Waals surface area contributed by atoms with E-state index in [1.807, 2.05) is 0 Å². The van der Waals surface area contributed by atoms with Gasteiger partial charge >= 0.3 is 5.97 Å². The number of nitrogens with two attached hydrogens (primary N) is 1. The van der Waals surface area contributed by atoms with Crippen molar-refractivity contribution in [3.8, 4) is 5.75 Å². The number of sulfonamides is 1. The molecule has 0 aromatic heterocycles. The molecular weight excluding hydrogens is 258 g/mol. The Labute approximate surface area is 106 Å². The first kappa shape index (κ1) is 14.5. The van der Waals surface area contributed by atoms with E-state index < -0.39 is 22.1 Å². The number of ether oxygens (including phenoxy) is 2. The quantitative estimate of drug-likeness (QED) is 0.795. The largest absolute Gasteiger partial charge is 0.479 e. The third-order valence-corrected chi connectivity index (χ3v) is 3.01. The molecule has 2 N–H and O–H groups in total. The summed E-state index contributed by atoms with van der Waals surface area (Å²) in [5.41, 5.74) is 0. The Balaban J connectivity index is 2.73. The Morgan fingerprint density at radius 2 is 1.89 bits per heavy atom. The highest BCUT2D eigenvalue weighted by molar-refractivity contribution is 7.89. The predicted octanol–water partition coefficient (Wildman–Crippen LogP) is 0.664. The lowest BCUT2D eigenvalue weighted by molar-refractivity contribution is -0.150. The molecule has 6 nitrogen and oxygen atoms in total. The van der Waals surface area contributed by atoms with Gasteiger partial charge in [0.2, 0.25) is 10.0 Å². The molecule has 1 atom stereocenters. The summed E-state index contributed by atoms with van der Waals surface area (Å²) in [7, 11) is -3.72. The van der Waals surface area contributed by atoms with Crippen molar-refractivity contribution in [3.05, 3.63) is 24.3 Å². The summed E-state index contributed by atoms with van der Waals surface area (Å²) in [6.07, 6.45) is -0.759. The van der Waals surface area contributed by atoms with Crippen LogP contribution in [0.1, 0.15) is 13.8 Å². The second kappa shape index (κ2) is 5.83. The fourth-order valence-electron chi connectivity index (χ4n) is 1.22. The standard InChI is InChI=1S/C11H15NO5S/c1-3-16-11(13)8(2)17-9-4-6-10(7-5-9)18(12,14)15/h4-8H,3H2,1-2H3,(H2,12,14,15)/t8-/m1/s1. The summed E-state index contributed by atoms with van der Waals surface area (Å²) in [4.78, 5) is 11.3. The molecule has 0 radical (unpaired) electrons. The van der Waals surface area contributed by atoms with Crippen LogP contribution in [0.5, 0.6) is 5.75 Å². The van der Waals surface area contributed by atoms with Crippen molar-refractivity contribution in [2.24, 2.45) is 5.14 Å². The van der Waals surface area contributed by atoms with E-state index in [0.717, 1.165) is 0 Å². The lowest BCUT2D eigenvalue weighted by Gasteiger charge is -2.13. The maximum absolute atomic E-state index is 11.3. The Bertz CT molecular complexity index is 509. The first-order valence-electron chi connectivity index (χ1n) is 5.30. The van der Waals surface area contributed by atoms with Gasteiger partial charge in [0.1, 0.15) is 5.75 Å². The van der Waals surface area contributed by atoms with E-state index >= 15 is 0 Å². The van der Waals surface area contributed by atoms with Crippen LogP contribution in [-0.4, -0.2) is 27.1 Å². The molecule has 0 aliphatic rings. The van der Waals surface area contributed by atoms with E-state index in [-0.39, 0.29) is 11.5 Å². The number of rotatable bonds is 5. The van der Waals surface area contributed by atoms with Gasteiger partial charge in [-0.25, -0.2) is 18.4 Å². The fourth-order valence-corrected chi connectivity index (χ4v) is 1.74. The second-order valence-corrected chi connectivity index (χ2v) is 5.09. The van der Waals surface area contributed by atoms with Crippen LogP contribution in [0.4, 0.5) is 0 Å². The monoisotopic (exact) mass is 273 g/mol. The van der Waals surface area contributed by atoms with Crippen LogP contribution in [0, 0.1) is 0 Å². The van der Waals surface area contributed by atoms with Crippen LogP contribution in [-0.2, 0) is 19.6 Å². The zero-order valence-corrected chi connectivity index (χ0v) is 10.9. The minimum atomic E-state index is -3.72. The van der Waals surface area contributed by atoms with E-state index in [2.05, 4.69) is 0 Å². The average Bonchev–Trinajstić information content (AvgIpc) is 2.28. The smallest absolute Gasteiger partial charge is 0.347 e. The molecule has 1 aromatic carbocycles. The van der Waals surface area contributed by atoms with E-state index in [4.69, 9.17) is 14.6 Å².